The van der Waals surface area contributed by atoms with Crippen molar-refractivity contribution in [3.05, 3.63) is 65.8 Å². The van der Waals surface area contributed by atoms with Crippen molar-refractivity contribution in [2.45, 2.75) is 0 Å². The SMILES string of the molecule is CN(C)c1nc(Cl)c(-c2ccccc2)nc1-c1ccccc1. The molecule has 0 unspecified atom stereocenters. The maximum atomic E-state index is 6.37. The lowest BCUT2D eigenvalue weighted by Crippen LogP contribution is -2.13. The third-order valence-corrected chi connectivity index (χ3v) is 3.62. The summed E-state index contributed by atoms with van der Waals surface area (Å²) in [5, 5.41) is 0.412. The monoisotopic (exact) mass is 309 g/mol. The van der Waals surface area contributed by atoms with E-state index >= 15 is 0 Å². The minimum Gasteiger partial charge on any atom is -0.361 e. The molecule has 110 valence electrons. The van der Waals surface area contributed by atoms with Gasteiger partial charge in [-0.3, -0.25) is 0 Å². The van der Waals surface area contributed by atoms with E-state index in [0.29, 0.717) is 10.8 Å². The highest BCUT2D eigenvalue weighted by molar-refractivity contribution is 6.32. The van der Waals surface area contributed by atoms with E-state index in [1.54, 1.807) is 0 Å². The Morgan fingerprint density at radius 2 is 1.23 bits per heavy atom. The van der Waals surface area contributed by atoms with E-state index in [9.17, 15) is 0 Å². The van der Waals surface area contributed by atoms with Crippen molar-refractivity contribution < 1.29 is 0 Å². The Morgan fingerprint density at radius 3 is 1.73 bits per heavy atom. The number of benzene rings is 2. The molecule has 3 rings (SSSR count). The van der Waals surface area contributed by atoms with Gasteiger partial charge >= 0.3 is 0 Å². The summed E-state index contributed by atoms with van der Waals surface area (Å²) in [4.78, 5) is 11.3. The van der Waals surface area contributed by atoms with Crippen molar-refractivity contribution in [2.24, 2.45) is 0 Å². The minimum absolute atomic E-state index is 0.412. The molecule has 0 saturated carbocycles. The van der Waals surface area contributed by atoms with E-state index in [1.165, 1.54) is 0 Å². The van der Waals surface area contributed by atoms with Gasteiger partial charge in [0.2, 0.25) is 0 Å². The van der Waals surface area contributed by atoms with Gasteiger partial charge in [-0.2, -0.15) is 0 Å². The van der Waals surface area contributed by atoms with E-state index in [4.69, 9.17) is 16.6 Å². The van der Waals surface area contributed by atoms with E-state index < -0.39 is 0 Å². The Morgan fingerprint density at radius 1 is 0.727 bits per heavy atom. The van der Waals surface area contributed by atoms with Crippen molar-refractivity contribution in [1.82, 2.24) is 9.97 Å². The highest BCUT2D eigenvalue weighted by Gasteiger charge is 2.16. The zero-order valence-electron chi connectivity index (χ0n) is 12.5. The molecule has 0 aliphatic heterocycles. The topological polar surface area (TPSA) is 29.0 Å². The Hall–Kier alpha value is -2.39. The zero-order chi connectivity index (χ0) is 15.5. The van der Waals surface area contributed by atoms with Gasteiger partial charge in [0.15, 0.2) is 11.0 Å². The number of hydrogen-bond acceptors (Lipinski definition) is 3. The Balaban J connectivity index is 2.23. The van der Waals surface area contributed by atoms with Crippen molar-refractivity contribution in [3.8, 4) is 22.5 Å². The predicted molar refractivity (Wildman–Crippen MR) is 92.2 cm³/mol. The Labute approximate surface area is 135 Å². The van der Waals surface area contributed by atoms with Gasteiger partial charge in [0.05, 0.1) is 0 Å². The first-order chi connectivity index (χ1) is 10.7. The number of halogens is 1. The van der Waals surface area contributed by atoms with Crippen molar-refractivity contribution in [3.63, 3.8) is 0 Å². The Bertz CT molecular complexity index is 771. The lowest BCUT2D eigenvalue weighted by Gasteiger charge is -2.17. The van der Waals surface area contributed by atoms with Gasteiger partial charge in [-0.25, -0.2) is 9.97 Å². The highest BCUT2D eigenvalue weighted by atomic mass is 35.5. The maximum absolute atomic E-state index is 6.37. The molecule has 1 heterocycles. The van der Waals surface area contributed by atoms with Crippen LogP contribution >= 0.6 is 11.6 Å². The van der Waals surface area contributed by atoms with E-state index in [1.807, 2.05) is 79.7 Å². The highest BCUT2D eigenvalue weighted by Crippen LogP contribution is 2.33. The molecule has 0 N–H and O–H groups in total. The van der Waals surface area contributed by atoms with Crippen LogP contribution in [0.15, 0.2) is 60.7 Å². The standard InChI is InChI=1S/C18H16ClN3/c1-22(2)18-16(14-11-7-4-8-12-14)20-15(17(19)21-18)13-9-5-3-6-10-13/h3-12H,1-2H3. The van der Waals surface area contributed by atoms with Crippen LogP contribution in [-0.2, 0) is 0 Å². The van der Waals surface area contributed by atoms with Crippen LogP contribution in [0.3, 0.4) is 0 Å². The largest absolute Gasteiger partial charge is 0.361 e. The lowest BCUT2D eigenvalue weighted by atomic mass is 10.1. The van der Waals surface area contributed by atoms with Crippen molar-refractivity contribution in [2.75, 3.05) is 19.0 Å². The number of nitrogens with zero attached hydrogens (tertiary/aromatic N) is 3. The Kier molecular flexibility index (Phi) is 4.07. The van der Waals surface area contributed by atoms with Gasteiger partial charge in [0, 0.05) is 25.2 Å². The molecular weight excluding hydrogens is 294 g/mol. The molecule has 0 fully saturated rings. The summed E-state index contributed by atoms with van der Waals surface area (Å²) in [6.45, 7) is 0. The second-order valence-electron chi connectivity index (χ2n) is 5.16. The summed E-state index contributed by atoms with van der Waals surface area (Å²) in [5.41, 5.74) is 3.51. The van der Waals surface area contributed by atoms with Crippen LogP contribution in [0.5, 0.6) is 0 Å². The molecule has 0 saturated heterocycles. The number of rotatable bonds is 3. The number of hydrogen-bond donors (Lipinski definition) is 0. The average molecular weight is 310 g/mol. The fourth-order valence-corrected chi connectivity index (χ4v) is 2.52. The summed E-state index contributed by atoms with van der Waals surface area (Å²) >= 11 is 6.37. The summed E-state index contributed by atoms with van der Waals surface area (Å²) in [7, 11) is 3.88. The fraction of sp³-hybridized carbons (Fsp3) is 0.111. The van der Waals surface area contributed by atoms with Gasteiger partial charge in [-0.1, -0.05) is 72.3 Å². The van der Waals surface area contributed by atoms with E-state index in [-0.39, 0.29) is 0 Å². The molecule has 0 bridgehead atoms. The van der Waals surface area contributed by atoms with Gasteiger partial charge in [0.1, 0.15) is 11.4 Å². The van der Waals surface area contributed by atoms with Crippen LogP contribution in [0.1, 0.15) is 0 Å². The van der Waals surface area contributed by atoms with Crippen LogP contribution in [0.2, 0.25) is 5.15 Å². The third-order valence-electron chi connectivity index (χ3n) is 3.35. The predicted octanol–water partition coefficient (Wildman–Crippen LogP) is 4.53. The molecule has 2 aromatic carbocycles. The van der Waals surface area contributed by atoms with Crippen LogP contribution in [0, 0.1) is 0 Å². The molecule has 4 heteroatoms. The summed E-state index contributed by atoms with van der Waals surface area (Å²) in [6.07, 6.45) is 0. The van der Waals surface area contributed by atoms with Gasteiger partial charge in [-0.15, -0.1) is 0 Å². The van der Waals surface area contributed by atoms with Crippen LogP contribution in [0.25, 0.3) is 22.5 Å². The molecule has 0 spiro atoms. The molecule has 0 atom stereocenters. The summed E-state index contributed by atoms with van der Waals surface area (Å²) < 4.78 is 0. The lowest BCUT2D eigenvalue weighted by molar-refractivity contribution is 1.05. The first-order valence-corrected chi connectivity index (χ1v) is 7.40. The first kappa shape index (κ1) is 14.5. The van der Waals surface area contributed by atoms with Gasteiger partial charge in [-0.05, 0) is 0 Å². The summed E-state index contributed by atoms with van der Waals surface area (Å²) in [5.74, 6) is 0.760. The second kappa shape index (κ2) is 6.16. The van der Waals surface area contributed by atoms with E-state index in [0.717, 1.165) is 22.6 Å². The number of aromatic nitrogens is 2. The van der Waals surface area contributed by atoms with Crippen molar-refractivity contribution in [1.29, 1.82) is 0 Å². The number of anilines is 1. The molecule has 22 heavy (non-hydrogen) atoms. The molecule has 3 nitrogen and oxygen atoms in total. The molecule has 1 aromatic heterocycles. The third kappa shape index (κ3) is 2.81. The van der Waals surface area contributed by atoms with Crippen LogP contribution in [0.4, 0.5) is 5.82 Å². The molecule has 0 amide bonds. The summed E-state index contributed by atoms with van der Waals surface area (Å²) in [6, 6.07) is 19.9. The first-order valence-electron chi connectivity index (χ1n) is 7.02. The fourth-order valence-electron chi connectivity index (χ4n) is 2.29. The van der Waals surface area contributed by atoms with Crippen LogP contribution < -0.4 is 4.90 Å². The normalized spacial score (nSPS) is 10.5. The van der Waals surface area contributed by atoms with Gasteiger partial charge in [0.25, 0.3) is 0 Å². The molecule has 0 radical (unpaired) electrons. The van der Waals surface area contributed by atoms with Gasteiger partial charge < -0.3 is 4.90 Å². The minimum atomic E-state index is 0.412. The second-order valence-corrected chi connectivity index (χ2v) is 5.52. The van der Waals surface area contributed by atoms with Crippen LogP contribution in [-0.4, -0.2) is 24.1 Å². The zero-order valence-corrected chi connectivity index (χ0v) is 13.2. The maximum Gasteiger partial charge on any atom is 0.157 e. The average Bonchev–Trinajstić information content (AvgIpc) is 2.56. The van der Waals surface area contributed by atoms with E-state index in [2.05, 4.69) is 4.98 Å². The smallest absolute Gasteiger partial charge is 0.157 e. The van der Waals surface area contributed by atoms with Crippen molar-refractivity contribution >= 4 is 17.4 Å². The molecule has 3 aromatic rings. The molecule has 0 aliphatic carbocycles. The quantitative estimate of drug-likeness (QED) is 0.712. The molecule has 0 aliphatic rings. The molecular formula is C18H16ClN3.